The predicted octanol–water partition coefficient (Wildman–Crippen LogP) is 3.97. The van der Waals surface area contributed by atoms with Crippen molar-refractivity contribution >= 4 is 15.9 Å². The molecule has 0 aliphatic carbocycles. The zero-order chi connectivity index (χ0) is 15.2. The van der Waals surface area contributed by atoms with E-state index in [1.165, 1.54) is 6.07 Å². The maximum atomic E-state index is 13.3. The molecule has 0 aliphatic heterocycles. The van der Waals surface area contributed by atoms with Crippen LogP contribution >= 0.6 is 15.9 Å². The van der Waals surface area contributed by atoms with E-state index < -0.39 is 0 Å². The Kier molecular flexibility index (Phi) is 5.82. The van der Waals surface area contributed by atoms with Crippen molar-refractivity contribution in [3.63, 3.8) is 0 Å². The topological polar surface area (TPSA) is 37.8 Å². The molecule has 0 amide bonds. The fraction of sp³-hybridized carbons (Fsp3) is 0.375. The summed E-state index contributed by atoms with van der Waals surface area (Å²) in [6.45, 7) is 4.95. The summed E-state index contributed by atoms with van der Waals surface area (Å²) in [7, 11) is 0. The molecule has 1 atom stereocenters. The molecule has 0 spiro atoms. The van der Waals surface area contributed by atoms with Crippen LogP contribution in [0, 0.1) is 12.7 Å². The third-order valence-electron chi connectivity index (χ3n) is 3.22. The molecule has 0 saturated carbocycles. The minimum atomic E-state index is -0.244. The number of halogens is 2. The highest BCUT2D eigenvalue weighted by atomic mass is 79.9. The molecule has 2 aromatic rings. The predicted molar refractivity (Wildman–Crippen MR) is 85.6 cm³/mol. The largest absolute Gasteiger partial charge is 0.308 e. The Morgan fingerprint density at radius 2 is 2.10 bits per heavy atom. The Hall–Kier alpha value is -1.33. The monoisotopic (exact) mass is 351 g/mol. The van der Waals surface area contributed by atoms with Crippen molar-refractivity contribution in [2.45, 2.75) is 32.7 Å². The second-order valence-corrected chi connectivity index (χ2v) is 5.90. The van der Waals surface area contributed by atoms with Crippen LogP contribution in [0.3, 0.4) is 0 Å². The standard InChI is InChI=1S/C16H19BrFN3/c1-3-6-19-15(16-10-20-11(2)9-21-16)8-12-4-5-14(18)13(17)7-12/h4-5,7,9-10,15,19H,3,6,8H2,1-2H3. The van der Waals surface area contributed by atoms with Gasteiger partial charge in [-0.15, -0.1) is 0 Å². The second-order valence-electron chi connectivity index (χ2n) is 5.04. The highest BCUT2D eigenvalue weighted by Gasteiger charge is 2.14. The lowest BCUT2D eigenvalue weighted by Crippen LogP contribution is -2.25. The van der Waals surface area contributed by atoms with E-state index >= 15 is 0 Å². The molecule has 0 aliphatic rings. The number of hydrogen-bond acceptors (Lipinski definition) is 3. The summed E-state index contributed by atoms with van der Waals surface area (Å²) in [6.07, 6.45) is 5.37. The lowest BCUT2D eigenvalue weighted by atomic mass is 10.0. The first kappa shape index (κ1) is 16.0. The van der Waals surface area contributed by atoms with Crippen LogP contribution in [0.25, 0.3) is 0 Å². The van der Waals surface area contributed by atoms with Crippen molar-refractivity contribution in [3.8, 4) is 0 Å². The van der Waals surface area contributed by atoms with E-state index in [0.717, 1.165) is 36.3 Å². The number of aryl methyl sites for hydroxylation is 1. The van der Waals surface area contributed by atoms with Gasteiger partial charge in [-0.25, -0.2) is 4.39 Å². The van der Waals surface area contributed by atoms with E-state index in [4.69, 9.17) is 0 Å². The molecule has 1 N–H and O–H groups in total. The molecule has 21 heavy (non-hydrogen) atoms. The minimum absolute atomic E-state index is 0.0791. The van der Waals surface area contributed by atoms with E-state index in [9.17, 15) is 4.39 Å². The number of benzene rings is 1. The summed E-state index contributed by atoms with van der Waals surface area (Å²) in [5.74, 6) is -0.244. The van der Waals surface area contributed by atoms with Gasteiger partial charge in [0.25, 0.3) is 0 Å². The molecule has 2 rings (SSSR count). The van der Waals surface area contributed by atoms with Crippen LogP contribution in [0.5, 0.6) is 0 Å². The van der Waals surface area contributed by atoms with Crippen molar-refractivity contribution in [1.29, 1.82) is 0 Å². The number of nitrogens with zero attached hydrogens (tertiary/aromatic N) is 2. The van der Waals surface area contributed by atoms with E-state index in [-0.39, 0.29) is 11.9 Å². The summed E-state index contributed by atoms with van der Waals surface area (Å²) in [5, 5.41) is 3.48. The summed E-state index contributed by atoms with van der Waals surface area (Å²) in [4.78, 5) is 8.77. The first-order valence-corrected chi connectivity index (χ1v) is 7.85. The number of nitrogens with one attached hydrogen (secondary N) is 1. The zero-order valence-corrected chi connectivity index (χ0v) is 13.8. The van der Waals surface area contributed by atoms with Gasteiger partial charge in [-0.2, -0.15) is 0 Å². The average molecular weight is 352 g/mol. The second kappa shape index (κ2) is 7.61. The van der Waals surface area contributed by atoms with Gasteiger partial charge in [0.2, 0.25) is 0 Å². The van der Waals surface area contributed by atoms with Gasteiger partial charge in [0.15, 0.2) is 0 Å². The summed E-state index contributed by atoms with van der Waals surface area (Å²) < 4.78 is 13.8. The van der Waals surface area contributed by atoms with E-state index in [0.29, 0.717) is 4.47 Å². The van der Waals surface area contributed by atoms with Crippen LogP contribution in [0.2, 0.25) is 0 Å². The zero-order valence-electron chi connectivity index (χ0n) is 12.2. The highest BCUT2D eigenvalue weighted by Crippen LogP contribution is 2.21. The Labute approximate surface area is 133 Å². The minimum Gasteiger partial charge on any atom is -0.308 e. The van der Waals surface area contributed by atoms with Crippen LogP contribution in [-0.2, 0) is 6.42 Å². The van der Waals surface area contributed by atoms with E-state index in [2.05, 4.69) is 38.1 Å². The summed E-state index contributed by atoms with van der Waals surface area (Å²) in [5.41, 5.74) is 2.87. The lowest BCUT2D eigenvalue weighted by Gasteiger charge is -2.18. The highest BCUT2D eigenvalue weighted by molar-refractivity contribution is 9.10. The van der Waals surface area contributed by atoms with Gasteiger partial charge in [0, 0.05) is 6.20 Å². The van der Waals surface area contributed by atoms with Crippen molar-refractivity contribution in [2.24, 2.45) is 0 Å². The third-order valence-corrected chi connectivity index (χ3v) is 3.83. The first-order chi connectivity index (χ1) is 10.1. The normalized spacial score (nSPS) is 12.4. The third kappa shape index (κ3) is 4.58. The Bertz CT molecular complexity index is 587. The first-order valence-electron chi connectivity index (χ1n) is 7.06. The van der Waals surface area contributed by atoms with Crippen LogP contribution in [-0.4, -0.2) is 16.5 Å². The smallest absolute Gasteiger partial charge is 0.137 e. The molecule has 0 radical (unpaired) electrons. The summed E-state index contributed by atoms with van der Waals surface area (Å²) in [6, 6.07) is 5.19. The van der Waals surface area contributed by atoms with Crippen LogP contribution in [0.1, 0.15) is 36.3 Å². The molecule has 5 heteroatoms. The quantitative estimate of drug-likeness (QED) is 0.855. The fourth-order valence-electron chi connectivity index (χ4n) is 2.08. The Balaban J connectivity index is 2.19. The molecular formula is C16H19BrFN3. The SMILES string of the molecule is CCCNC(Cc1ccc(F)c(Br)c1)c1cnc(C)cn1. The number of hydrogen-bond donors (Lipinski definition) is 1. The Morgan fingerprint density at radius 3 is 2.71 bits per heavy atom. The maximum absolute atomic E-state index is 13.3. The Morgan fingerprint density at radius 1 is 1.29 bits per heavy atom. The molecule has 1 unspecified atom stereocenters. The maximum Gasteiger partial charge on any atom is 0.137 e. The number of rotatable bonds is 6. The van der Waals surface area contributed by atoms with Crippen LogP contribution in [0.4, 0.5) is 4.39 Å². The van der Waals surface area contributed by atoms with Gasteiger partial charge in [-0.1, -0.05) is 13.0 Å². The van der Waals surface area contributed by atoms with Gasteiger partial charge >= 0.3 is 0 Å². The molecule has 0 bridgehead atoms. The van der Waals surface area contributed by atoms with Gasteiger partial charge < -0.3 is 5.32 Å². The molecular weight excluding hydrogens is 333 g/mol. The molecule has 112 valence electrons. The van der Waals surface area contributed by atoms with Crippen LogP contribution in [0.15, 0.2) is 35.1 Å². The number of aromatic nitrogens is 2. The molecule has 0 saturated heterocycles. The van der Waals surface area contributed by atoms with Gasteiger partial charge in [-0.05, 0) is 59.9 Å². The van der Waals surface area contributed by atoms with Crippen LogP contribution < -0.4 is 5.32 Å². The van der Waals surface area contributed by atoms with Gasteiger partial charge in [-0.3, -0.25) is 9.97 Å². The molecule has 0 fully saturated rings. The van der Waals surface area contributed by atoms with E-state index in [1.807, 2.05) is 19.1 Å². The lowest BCUT2D eigenvalue weighted by molar-refractivity contribution is 0.515. The average Bonchev–Trinajstić information content (AvgIpc) is 2.48. The van der Waals surface area contributed by atoms with Crippen molar-refractivity contribution in [2.75, 3.05) is 6.54 Å². The van der Waals surface area contributed by atoms with E-state index in [1.54, 1.807) is 12.4 Å². The van der Waals surface area contributed by atoms with Crippen molar-refractivity contribution in [3.05, 3.63) is 57.8 Å². The molecule has 3 nitrogen and oxygen atoms in total. The summed E-state index contributed by atoms with van der Waals surface area (Å²) >= 11 is 3.23. The van der Waals surface area contributed by atoms with Gasteiger partial charge in [0.05, 0.1) is 28.1 Å². The van der Waals surface area contributed by atoms with Crippen molar-refractivity contribution < 1.29 is 4.39 Å². The van der Waals surface area contributed by atoms with Crippen molar-refractivity contribution in [1.82, 2.24) is 15.3 Å². The fourth-order valence-corrected chi connectivity index (χ4v) is 2.51. The molecule has 1 aromatic heterocycles. The molecule has 1 aromatic carbocycles. The molecule has 1 heterocycles. The van der Waals surface area contributed by atoms with Gasteiger partial charge in [0.1, 0.15) is 5.82 Å².